The van der Waals surface area contributed by atoms with E-state index in [9.17, 15) is 9.59 Å². The lowest BCUT2D eigenvalue weighted by Gasteiger charge is -2.49. The molecule has 4 aromatic rings. The number of nitrogens with zero attached hydrogens (tertiary/aromatic N) is 6. The van der Waals surface area contributed by atoms with Gasteiger partial charge in [0.2, 0.25) is 11.9 Å². The predicted octanol–water partition coefficient (Wildman–Crippen LogP) is 2.57. The van der Waals surface area contributed by atoms with E-state index >= 15 is 0 Å². The summed E-state index contributed by atoms with van der Waals surface area (Å²) in [5.41, 5.74) is 3.41. The van der Waals surface area contributed by atoms with Gasteiger partial charge in [-0.05, 0) is 43.2 Å². The number of fused-ring (bicyclic) bond motifs is 1. The van der Waals surface area contributed by atoms with Crippen LogP contribution in [0.5, 0.6) is 0 Å². The van der Waals surface area contributed by atoms with E-state index in [4.69, 9.17) is 4.74 Å². The highest BCUT2D eigenvalue weighted by atomic mass is 16.5. The van der Waals surface area contributed by atoms with Crippen LogP contribution in [0, 0.1) is 0 Å². The minimum absolute atomic E-state index is 0.0000772. The van der Waals surface area contributed by atoms with Crippen LogP contribution in [0.4, 0.5) is 11.6 Å². The number of hydrogen-bond acceptors (Lipinski definition) is 7. The summed E-state index contributed by atoms with van der Waals surface area (Å²) in [6.45, 7) is 1.81. The molecule has 5 heterocycles. The van der Waals surface area contributed by atoms with Gasteiger partial charge in [0, 0.05) is 56.2 Å². The third-order valence-corrected chi connectivity index (χ3v) is 7.39. The molecule has 2 aliphatic heterocycles. The van der Waals surface area contributed by atoms with Crippen molar-refractivity contribution in [1.29, 1.82) is 0 Å². The van der Waals surface area contributed by atoms with Gasteiger partial charge in [-0.25, -0.2) is 15.0 Å². The van der Waals surface area contributed by atoms with E-state index in [0.29, 0.717) is 44.2 Å². The number of likely N-dealkylation sites (tertiary alicyclic amines) is 1. The first-order valence-corrected chi connectivity index (χ1v) is 12.3. The third-order valence-electron chi connectivity index (χ3n) is 7.39. The number of likely N-dealkylation sites (N-methyl/N-ethyl adjacent to an activating group) is 1. The molecule has 2 saturated heterocycles. The maximum Gasteiger partial charge on any atom is 0.270 e. The number of benzene rings is 1. The molecule has 0 saturated carbocycles. The second-order valence-corrected chi connectivity index (χ2v) is 9.76. The molecular weight excluding hydrogens is 472 g/mol. The van der Waals surface area contributed by atoms with Crippen LogP contribution in [-0.2, 0) is 16.6 Å². The van der Waals surface area contributed by atoms with Crippen molar-refractivity contribution in [3.05, 3.63) is 54.7 Å². The second-order valence-electron chi connectivity index (χ2n) is 9.76. The summed E-state index contributed by atoms with van der Waals surface area (Å²) in [5.74, 6) is 0.421. The fraction of sp³-hybridized carbons (Fsp3) is 0.346. The van der Waals surface area contributed by atoms with Crippen LogP contribution in [0.25, 0.3) is 22.3 Å². The Morgan fingerprint density at radius 2 is 1.95 bits per heavy atom. The zero-order valence-corrected chi connectivity index (χ0v) is 20.8. The van der Waals surface area contributed by atoms with Crippen LogP contribution in [0.15, 0.2) is 49.1 Å². The molecule has 2 amide bonds. The van der Waals surface area contributed by atoms with Gasteiger partial charge in [0.15, 0.2) is 0 Å². The van der Waals surface area contributed by atoms with Gasteiger partial charge < -0.3 is 29.4 Å². The van der Waals surface area contributed by atoms with E-state index in [2.05, 4.69) is 25.3 Å². The van der Waals surface area contributed by atoms with E-state index in [-0.39, 0.29) is 24.0 Å². The Kier molecular flexibility index (Phi) is 5.64. The Labute approximate surface area is 213 Å². The van der Waals surface area contributed by atoms with Crippen LogP contribution in [0.3, 0.4) is 0 Å². The maximum absolute atomic E-state index is 13.3. The Balaban J connectivity index is 1.16. The van der Waals surface area contributed by atoms with E-state index in [1.807, 2.05) is 65.0 Å². The Bertz CT molecular complexity index is 1480. The Morgan fingerprint density at radius 1 is 1.11 bits per heavy atom. The number of ether oxygens (including phenoxy) is 1. The number of anilines is 2. The lowest BCUT2D eigenvalue weighted by molar-refractivity contribution is -0.158. The Morgan fingerprint density at radius 3 is 2.73 bits per heavy atom. The number of amides is 2. The van der Waals surface area contributed by atoms with Gasteiger partial charge in [-0.2, -0.15) is 0 Å². The first-order valence-electron chi connectivity index (χ1n) is 12.3. The van der Waals surface area contributed by atoms with Crippen molar-refractivity contribution >= 4 is 34.4 Å². The van der Waals surface area contributed by atoms with Crippen molar-refractivity contribution in [2.75, 3.05) is 38.7 Å². The standard InChI is InChI=1S/C26H28N8O3/c1-32-13-22(28-16-32)20-5-8-27-25(31-20)29-18-3-4-19-17(11-18)12-21(30-19)24(36)34-9-6-26(7-10-34)15-37-14-23(35)33(26)2/h3-5,8,11-13,16,30H,6-7,9-10,14-15H2,1-2H3,(H,27,29,31). The third kappa shape index (κ3) is 4.31. The quantitative estimate of drug-likeness (QED) is 0.442. The molecule has 2 fully saturated rings. The number of morpholine rings is 1. The fourth-order valence-electron chi connectivity index (χ4n) is 5.12. The topological polar surface area (TPSA) is 121 Å². The highest BCUT2D eigenvalue weighted by molar-refractivity contribution is 5.99. The molecule has 11 heteroatoms. The molecule has 6 rings (SSSR count). The Hall–Kier alpha value is -4.25. The van der Waals surface area contributed by atoms with Crippen molar-refractivity contribution in [3.8, 4) is 11.4 Å². The summed E-state index contributed by atoms with van der Waals surface area (Å²) in [5, 5.41) is 4.16. The SMILES string of the molecule is CN1C(=O)COCC12CCN(C(=O)c1cc3cc(Nc4nccc(-c5cn(C)cn5)n4)ccc3[nH]1)CC2. The average molecular weight is 501 g/mol. The molecule has 0 aliphatic carbocycles. The number of imidazole rings is 1. The van der Waals surface area contributed by atoms with Crippen LogP contribution >= 0.6 is 0 Å². The molecule has 2 N–H and O–H groups in total. The average Bonchev–Trinajstić information content (AvgIpc) is 3.53. The molecule has 0 atom stereocenters. The minimum atomic E-state index is -0.316. The van der Waals surface area contributed by atoms with E-state index in [1.54, 1.807) is 12.5 Å². The molecule has 3 aromatic heterocycles. The molecule has 0 unspecified atom stereocenters. The lowest BCUT2D eigenvalue weighted by Crippen LogP contribution is -2.62. The van der Waals surface area contributed by atoms with Gasteiger partial charge in [-0.1, -0.05) is 0 Å². The van der Waals surface area contributed by atoms with Crippen molar-refractivity contribution in [1.82, 2.24) is 34.3 Å². The van der Waals surface area contributed by atoms with Gasteiger partial charge in [0.1, 0.15) is 18.0 Å². The number of aromatic nitrogens is 5. The van der Waals surface area contributed by atoms with Crippen LogP contribution < -0.4 is 5.32 Å². The fourth-order valence-corrected chi connectivity index (χ4v) is 5.12. The van der Waals surface area contributed by atoms with Crippen molar-refractivity contribution in [2.45, 2.75) is 18.4 Å². The van der Waals surface area contributed by atoms with Gasteiger partial charge in [-0.3, -0.25) is 9.59 Å². The van der Waals surface area contributed by atoms with Crippen molar-refractivity contribution in [3.63, 3.8) is 0 Å². The largest absolute Gasteiger partial charge is 0.369 e. The van der Waals surface area contributed by atoms with Gasteiger partial charge in [0.05, 0.1) is 24.2 Å². The number of rotatable bonds is 4. The number of H-pyrrole nitrogens is 1. The molecule has 0 bridgehead atoms. The van der Waals surface area contributed by atoms with Gasteiger partial charge >= 0.3 is 0 Å². The summed E-state index contributed by atoms with van der Waals surface area (Å²) in [6, 6.07) is 9.51. The molecule has 2 aliphatic rings. The summed E-state index contributed by atoms with van der Waals surface area (Å²) in [4.78, 5) is 45.6. The number of piperidine rings is 1. The highest BCUT2D eigenvalue weighted by Crippen LogP contribution is 2.32. The zero-order valence-electron chi connectivity index (χ0n) is 20.8. The van der Waals surface area contributed by atoms with Gasteiger partial charge in [-0.15, -0.1) is 0 Å². The number of nitrogens with one attached hydrogen (secondary N) is 2. The van der Waals surface area contributed by atoms with E-state index < -0.39 is 0 Å². The van der Waals surface area contributed by atoms with Crippen molar-refractivity contribution < 1.29 is 14.3 Å². The van der Waals surface area contributed by atoms with Crippen LogP contribution in [-0.4, -0.2) is 85.0 Å². The van der Waals surface area contributed by atoms with E-state index in [1.165, 1.54) is 0 Å². The summed E-state index contributed by atoms with van der Waals surface area (Å²) >= 11 is 0. The zero-order chi connectivity index (χ0) is 25.6. The highest BCUT2D eigenvalue weighted by Gasteiger charge is 2.44. The number of hydrogen-bond donors (Lipinski definition) is 2. The van der Waals surface area contributed by atoms with Crippen LogP contribution in [0.2, 0.25) is 0 Å². The number of aromatic amines is 1. The first-order chi connectivity index (χ1) is 17.9. The molecule has 37 heavy (non-hydrogen) atoms. The first kappa shape index (κ1) is 23.2. The molecule has 1 spiro atoms. The summed E-state index contributed by atoms with van der Waals surface area (Å²) < 4.78 is 7.40. The molecule has 1 aromatic carbocycles. The smallest absolute Gasteiger partial charge is 0.270 e. The number of carbonyl (C=O) groups excluding carboxylic acids is 2. The maximum atomic E-state index is 13.3. The number of carbonyl (C=O) groups is 2. The molecule has 190 valence electrons. The minimum Gasteiger partial charge on any atom is -0.369 e. The van der Waals surface area contributed by atoms with Crippen molar-refractivity contribution in [2.24, 2.45) is 7.05 Å². The molecule has 0 radical (unpaired) electrons. The van der Waals surface area contributed by atoms with Crippen LogP contribution in [0.1, 0.15) is 23.3 Å². The summed E-state index contributed by atoms with van der Waals surface area (Å²) in [7, 11) is 3.75. The lowest BCUT2D eigenvalue weighted by atomic mass is 9.85. The van der Waals surface area contributed by atoms with Gasteiger partial charge in [0.25, 0.3) is 5.91 Å². The normalized spacial score (nSPS) is 17.5. The second kappa shape index (κ2) is 9.00. The summed E-state index contributed by atoms with van der Waals surface area (Å²) in [6.07, 6.45) is 6.73. The molecule has 11 nitrogen and oxygen atoms in total. The van der Waals surface area contributed by atoms with E-state index in [0.717, 1.165) is 28.0 Å². The molecular formula is C26H28N8O3. The predicted molar refractivity (Wildman–Crippen MR) is 137 cm³/mol. The monoisotopic (exact) mass is 500 g/mol. The number of aryl methyl sites for hydroxylation is 1.